The average molecular weight is 1060 g/mol. The Labute approximate surface area is 479 Å². The van der Waals surface area contributed by atoms with Crippen LogP contribution >= 0.6 is 0 Å². The number of carbonyl (C=O) groups is 1. The summed E-state index contributed by atoms with van der Waals surface area (Å²) < 4.78 is 0. The molecule has 0 radical (unpaired) electrons. The molecule has 0 aromatic carbocycles. The van der Waals surface area contributed by atoms with E-state index in [2.05, 4.69) is 141 Å². The molecule has 0 rings (SSSR count). The Morgan fingerprint density at radius 3 is 0.909 bits per heavy atom. The molecule has 0 bridgehead atoms. The highest BCUT2D eigenvalue weighted by Gasteiger charge is 2.18. The zero-order chi connectivity index (χ0) is 55.5. The van der Waals surface area contributed by atoms with Crippen LogP contribution in [0.1, 0.15) is 303 Å². The monoisotopic (exact) mass is 1060 g/mol. The third-order valence-corrected chi connectivity index (χ3v) is 14.3. The molecule has 0 aromatic rings. The second-order valence-electron chi connectivity index (χ2n) is 21.8. The maximum absolute atomic E-state index is 12.5. The van der Waals surface area contributed by atoms with Crippen LogP contribution < -0.4 is 5.32 Å². The highest BCUT2D eigenvalue weighted by Crippen LogP contribution is 2.17. The molecule has 0 saturated carbocycles. The number of carbonyl (C=O) groups excluding carboxylic acids is 1. The summed E-state index contributed by atoms with van der Waals surface area (Å²) >= 11 is 0. The van der Waals surface area contributed by atoms with Crippen molar-refractivity contribution in [1.82, 2.24) is 5.32 Å². The van der Waals surface area contributed by atoms with Crippen molar-refractivity contribution in [2.45, 2.75) is 315 Å². The molecule has 440 valence electrons. The molecule has 0 aromatic heterocycles. The summed E-state index contributed by atoms with van der Waals surface area (Å²) in [6.45, 7) is 4.19. The number of allylic oxidation sites excluding steroid dienone is 21. The lowest BCUT2D eigenvalue weighted by Gasteiger charge is -2.19. The molecule has 0 spiro atoms. The molecule has 0 aliphatic heterocycles. The number of unbranched alkanes of at least 4 members (excludes halogenated alkanes) is 32. The maximum atomic E-state index is 12.5. The van der Waals surface area contributed by atoms with Gasteiger partial charge in [0, 0.05) is 6.42 Å². The van der Waals surface area contributed by atoms with Crippen molar-refractivity contribution in [1.29, 1.82) is 0 Å². The second kappa shape index (κ2) is 66.8. The van der Waals surface area contributed by atoms with Crippen LogP contribution in [0.15, 0.2) is 134 Å². The lowest BCUT2D eigenvalue weighted by molar-refractivity contribution is -0.123. The average Bonchev–Trinajstić information content (AvgIpc) is 3.43. The molecule has 77 heavy (non-hydrogen) atoms. The van der Waals surface area contributed by atoms with Gasteiger partial charge in [0.05, 0.1) is 18.8 Å². The normalized spacial score (nSPS) is 13.7. The molecule has 2 unspecified atom stereocenters. The molecule has 0 fully saturated rings. The van der Waals surface area contributed by atoms with Crippen molar-refractivity contribution in [3.05, 3.63) is 134 Å². The smallest absolute Gasteiger partial charge is 0.220 e. The van der Waals surface area contributed by atoms with Gasteiger partial charge in [-0.1, -0.05) is 321 Å². The first kappa shape index (κ1) is 73.5. The van der Waals surface area contributed by atoms with E-state index in [1.165, 1.54) is 180 Å². The molecule has 2 atom stereocenters. The van der Waals surface area contributed by atoms with Gasteiger partial charge in [-0.15, -0.1) is 0 Å². The highest BCUT2D eigenvalue weighted by molar-refractivity contribution is 5.76. The lowest BCUT2D eigenvalue weighted by Crippen LogP contribution is -2.45. The summed E-state index contributed by atoms with van der Waals surface area (Å²) in [5, 5.41) is 23.2. The Morgan fingerprint density at radius 1 is 0.325 bits per heavy atom. The first-order valence-electron chi connectivity index (χ1n) is 32.9. The van der Waals surface area contributed by atoms with E-state index in [1.54, 1.807) is 6.08 Å². The van der Waals surface area contributed by atoms with Crippen LogP contribution in [0.3, 0.4) is 0 Å². The van der Waals surface area contributed by atoms with Crippen molar-refractivity contribution in [2.24, 2.45) is 0 Å². The number of aliphatic hydroxyl groups is 2. The molecule has 3 N–H and O–H groups in total. The van der Waals surface area contributed by atoms with E-state index in [0.29, 0.717) is 6.42 Å². The summed E-state index contributed by atoms with van der Waals surface area (Å²) in [5.74, 6) is -0.0899. The highest BCUT2D eigenvalue weighted by atomic mass is 16.3. The quantitative estimate of drug-likeness (QED) is 0.0420. The molecule has 4 heteroatoms. The van der Waals surface area contributed by atoms with Crippen LogP contribution in [-0.4, -0.2) is 34.9 Å². The van der Waals surface area contributed by atoms with E-state index >= 15 is 0 Å². The van der Waals surface area contributed by atoms with Crippen LogP contribution in [0.25, 0.3) is 0 Å². The van der Waals surface area contributed by atoms with E-state index < -0.39 is 12.1 Å². The Morgan fingerprint density at radius 2 is 0.584 bits per heavy atom. The van der Waals surface area contributed by atoms with Crippen LogP contribution in [-0.2, 0) is 4.79 Å². The molecule has 0 saturated heterocycles. The van der Waals surface area contributed by atoms with E-state index in [0.717, 1.165) is 103 Å². The number of nitrogens with one attached hydrogen (secondary N) is 1. The summed E-state index contributed by atoms with van der Waals surface area (Å²) in [6.07, 6.45) is 104. The molecular formula is C73H125NO3. The Kier molecular flexibility index (Phi) is 63.8. The number of hydrogen-bond donors (Lipinski definition) is 3. The molecule has 4 nitrogen and oxygen atoms in total. The SMILES string of the molecule is CC/C=C\C/C=C\C/C=C\C/C=C\C/C=C\C/C=C\C/C=C\C/C=C\CCCCCCCCCCC(=O)NC(CO)C(O)/C=C/CC/C=C/CC/C=C/CCCCCCCCCCCCCCCCCCCCCCCC. The van der Waals surface area contributed by atoms with Gasteiger partial charge in [-0.05, 0) is 109 Å². The fourth-order valence-electron chi connectivity index (χ4n) is 9.41. The maximum Gasteiger partial charge on any atom is 0.220 e. The van der Waals surface area contributed by atoms with Crippen LogP contribution in [0.2, 0.25) is 0 Å². The van der Waals surface area contributed by atoms with Crippen molar-refractivity contribution < 1.29 is 15.0 Å². The van der Waals surface area contributed by atoms with Crippen molar-refractivity contribution in [3.8, 4) is 0 Å². The summed E-state index contributed by atoms with van der Waals surface area (Å²) in [6, 6.07) is -0.662. The van der Waals surface area contributed by atoms with Crippen molar-refractivity contribution in [2.75, 3.05) is 6.61 Å². The van der Waals surface area contributed by atoms with Gasteiger partial charge in [0.15, 0.2) is 0 Å². The van der Waals surface area contributed by atoms with E-state index in [-0.39, 0.29) is 12.5 Å². The summed E-state index contributed by atoms with van der Waals surface area (Å²) in [4.78, 5) is 12.5. The van der Waals surface area contributed by atoms with Gasteiger partial charge in [-0.3, -0.25) is 4.79 Å². The molecule has 1 amide bonds. The third kappa shape index (κ3) is 63.2. The topological polar surface area (TPSA) is 69.6 Å². The minimum Gasteiger partial charge on any atom is -0.394 e. The van der Waals surface area contributed by atoms with Gasteiger partial charge in [0.1, 0.15) is 0 Å². The van der Waals surface area contributed by atoms with E-state index in [9.17, 15) is 15.0 Å². The predicted molar refractivity (Wildman–Crippen MR) is 345 cm³/mol. The number of rotatable bonds is 59. The van der Waals surface area contributed by atoms with Crippen LogP contribution in [0.5, 0.6) is 0 Å². The standard InChI is InChI=1S/C73H125NO3/c1-3-5-7-9-11-13-15-17-19-21-23-25-27-29-31-33-35-37-39-41-43-45-47-49-51-53-55-57-59-61-63-65-67-69-73(77)74-71(70-75)72(76)68-66-64-62-60-58-56-54-52-50-48-46-44-42-40-38-36-34-32-30-28-26-24-22-20-18-16-14-12-10-8-6-4-2/h5,7,11,13,17,19,23,25,29,31,35,37,41,43,47,49-50,52,58,60,66,68,71-72,75-76H,3-4,6,8-10,12,14-16,18,20-22,24,26-28,30,32-34,36,38-40,42,44-46,48,51,53-57,59,61-65,67,69-70H2,1-2H3,(H,74,77)/b7-5-,13-11-,19-17-,25-23-,31-29-,37-35-,43-41-,49-47-,52-50+,60-58+,68-66+. The van der Waals surface area contributed by atoms with E-state index in [1.807, 2.05) is 6.08 Å². The first-order chi connectivity index (χ1) is 38.2. The van der Waals surface area contributed by atoms with Gasteiger partial charge in [-0.2, -0.15) is 0 Å². The van der Waals surface area contributed by atoms with Gasteiger partial charge in [0.2, 0.25) is 5.91 Å². The van der Waals surface area contributed by atoms with Gasteiger partial charge < -0.3 is 15.5 Å². The third-order valence-electron chi connectivity index (χ3n) is 14.3. The number of aliphatic hydroxyl groups excluding tert-OH is 2. The van der Waals surface area contributed by atoms with Gasteiger partial charge in [0.25, 0.3) is 0 Å². The zero-order valence-electron chi connectivity index (χ0n) is 50.7. The zero-order valence-corrected chi connectivity index (χ0v) is 50.7. The van der Waals surface area contributed by atoms with Gasteiger partial charge >= 0.3 is 0 Å². The molecule has 0 aliphatic carbocycles. The van der Waals surface area contributed by atoms with Crippen molar-refractivity contribution >= 4 is 5.91 Å². The Balaban J connectivity index is 3.61. The fraction of sp³-hybridized carbons (Fsp3) is 0.685. The number of amides is 1. The van der Waals surface area contributed by atoms with Crippen LogP contribution in [0, 0.1) is 0 Å². The second-order valence-corrected chi connectivity index (χ2v) is 21.8. The predicted octanol–water partition coefficient (Wildman–Crippen LogP) is 22.5. The summed E-state index contributed by atoms with van der Waals surface area (Å²) in [7, 11) is 0. The fourth-order valence-corrected chi connectivity index (χ4v) is 9.41. The van der Waals surface area contributed by atoms with E-state index in [4.69, 9.17) is 0 Å². The minimum absolute atomic E-state index is 0.0899. The summed E-state index contributed by atoms with van der Waals surface area (Å²) in [5.41, 5.74) is 0. The van der Waals surface area contributed by atoms with Gasteiger partial charge in [-0.25, -0.2) is 0 Å². The minimum atomic E-state index is -0.886. The van der Waals surface area contributed by atoms with Crippen molar-refractivity contribution in [3.63, 3.8) is 0 Å². The molecular weight excluding hydrogens is 939 g/mol. The lowest BCUT2D eigenvalue weighted by atomic mass is 10.0. The number of hydrogen-bond acceptors (Lipinski definition) is 3. The molecule has 0 heterocycles. The Hall–Kier alpha value is -3.47. The molecule has 0 aliphatic rings. The largest absolute Gasteiger partial charge is 0.394 e. The van der Waals surface area contributed by atoms with Crippen LogP contribution in [0.4, 0.5) is 0 Å². The first-order valence-corrected chi connectivity index (χ1v) is 32.9. The Bertz CT molecular complexity index is 1540.